The molecule has 1 aromatic carbocycles. The number of benzene rings is 1. The number of hydrogen-bond donors (Lipinski definition) is 1. The smallest absolute Gasteiger partial charge is 0.227 e. The van der Waals surface area contributed by atoms with E-state index in [4.69, 9.17) is 0 Å². The summed E-state index contributed by atoms with van der Waals surface area (Å²) in [7, 11) is 0. The molecule has 0 radical (unpaired) electrons. The van der Waals surface area contributed by atoms with E-state index in [1.807, 2.05) is 18.2 Å². The molecule has 1 amide bonds. The van der Waals surface area contributed by atoms with E-state index in [9.17, 15) is 4.79 Å². The van der Waals surface area contributed by atoms with E-state index >= 15 is 0 Å². The summed E-state index contributed by atoms with van der Waals surface area (Å²) in [4.78, 5) is 21.0. The maximum Gasteiger partial charge on any atom is 0.227 e. The van der Waals surface area contributed by atoms with Gasteiger partial charge in [-0.05, 0) is 37.1 Å². The zero-order chi connectivity index (χ0) is 16.4. The highest BCUT2D eigenvalue weighted by molar-refractivity contribution is 5.93. The summed E-state index contributed by atoms with van der Waals surface area (Å²) in [5.41, 5.74) is 2.07. The lowest BCUT2D eigenvalue weighted by Gasteiger charge is -2.36. The predicted octanol–water partition coefficient (Wildman–Crippen LogP) is 2.76. The van der Waals surface area contributed by atoms with Crippen LogP contribution >= 0.6 is 0 Å². The van der Waals surface area contributed by atoms with Crippen molar-refractivity contribution in [3.8, 4) is 0 Å². The molecule has 5 heteroatoms. The zero-order valence-electron chi connectivity index (χ0n) is 13.7. The average molecular weight is 322 g/mol. The number of carbonyl (C=O) groups is 1. The highest BCUT2D eigenvalue weighted by Gasteiger charge is 2.29. The van der Waals surface area contributed by atoms with Crippen molar-refractivity contribution in [1.29, 1.82) is 0 Å². The van der Waals surface area contributed by atoms with E-state index in [0.717, 1.165) is 50.5 Å². The third kappa shape index (κ3) is 3.35. The van der Waals surface area contributed by atoms with Crippen LogP contribution in [0.4, 0.5) is 17.2 Å². The molecule has 0 bridgehead atoms. The van der Waals surface area contributed by atoms with Crippen LogP contribution in [0.2, 0.25) is 0 Å². The Bertz CT molecular complexity index is 689. The summed E-state index contributed by atoms with van der Waals surface area (Å²) in [6, 6.07) is 14.5. The minimum absolute atomic E-state index is 0.126. The summed E-state index contributed by atoms with van der Waals surface area (Å²) in [5, 5.41) is 2.93. The number of nitrogens with zero attached hydrogens (tertiary/aromatic N) is 3. The maximum atomic E-state index is 11.8. The number of anilines is 3. The number of carbonyl (C=O) groups excluding carboxylic acids is 1. The summed E-state index contributed by atoms with van der Waals surface area (Å²) in [6.45, 7) is 3.89. The first-order chi connectivity index (χ1) is 11.8. The molecule has 2 aliphatic rings. The van der Waals surface area contributed by atoms with Crippen LogP contribution in [0.1, 0.15) is 12.8 Å². The molecule has 1 saturated carbocycles. The van der Waals surface area contributed by atoms with Gasteiger partial charge in [-0.3, -0.25) is 4.79 Å². The first-order valence-electron chi connectivity index (χ1n) is 8.61. The van der Waals surface area contributed by atoms with Gasteiger partial charge in [-0.25, -0.2) is 4.98 Å². The topological polar surface area (TPSA) is 48.5 Å². The van der Waals surface area contributed by atoms with Gasteiger partial charge in [0.15, 0.2) is 0 Å². The van der Waals surface area contributed by atoms with Gasteiger partial charge < -0.3 is 15.1 Å². The molecule has 2 aromatic rings. The Labute approximate surface area is 142 Å². The number of rotatable bonds is 4. The quantitative estimate of drug-likeness (QED) is 0.940. The van der Waals surface area contributed by atoms with Crippen LogP contribution in [0.15, 0.2) is 48.7 Å². The van der Waals surface area contributed by atoms with Crippen molar-refractivity contribution in [3.05, 3.63) is 48.7 Å². The number of hydrogen-bond acceptors (Lipinski definition) is 4. The number of aromatic nitrogens is 1. The van der Waals surface area contributed by atoms with Crippen molar-refractivity contribution < 1.29 is 4.79 Å². The number of para-hydroxylation sites is 1. The number of amides is 1. The lowest BCUT2D eigenvalue weighted by Crippen LogP contribution is -2.46. The van der Waals surface area contributed by atoms with E-state index in [0.29, 0.717) is 0 Å². The molecule has 1 aromatic heterocycles. The molecule has 1 aliphatic heterocycles. The molecule has 124 valence electrons. The van der Waals surface area contributed by atoms with E-state index < -0.39 is 0 Å². The lowest BCUT2D eigenvalue weighted by molar-refractivity contribution is -0.117. The Hall–Kier alpha value is -2.56. The maximum absolute atomic E-state index is 11.8. The Kier molecular flexibility index (Phi) is 4.07. The third-order valence-corrected chi connectivity index (χ3v) is 4.69. The van der Waals surface area contributed by atoms with Gasteiger partial charge >= 0.3 is 0 Å². The second-order valence-electron chi connectivity index (χ2n) is 6.48. The predicted molar refractivity (Wildman–Crippen MR) is 96.5 cm³/mol. The molecule has 24 heavy (non-hydrogen) atoms. The largest absolute Gasteiger partial charge is 0.368 e. The van der Waals surface area contributed by atoms with Gasteiger partial charge in [0.2, 0.25) is 5.91 Å². The van der Waals surface area contributed by atoms with E-state index in [1.165, 1.54) is 5.69 Å². The van der Waals surface area contributed by atoms with Crippen molar-refractivity contribution in [2.24, 2.45) is 5.92 Å². The Morgan fingerprint density at radius 2 is 1.67 bits per heavy atom. The van der Waals surface area contributed by atoms with Gasteiger partial charge in [0.05, 0.1) is 11.9 Å². The molecule has 1 N–H and O–H groups in total. The molecular weight excluding hydrogens is 300 g/mol. The molecule has 1 aliphatic carbocycles. The Morgan fingerprint density at radius 1 is 0.958 bits per heavy atom. The number of nitrogens with one attached hydrogen (secondary N) is 1. The van der Waals surface area contributed by atoms with Crippen LogP contribution in [0.3, 0.4) is 0 Å². The summed E-state index contributed by atoms with van der Waals surface area (Å²) >= 11 is 0. The van der Waals surface area contributed by atoms with Crippen LogP contribution in [-0.2, 0) is 4.79 Å². The third-order valence-electron chi connectivity index (χ3n) is 4.69. The van der Waals surface area contributed by atoms with Crippen molar-refractivity contribution in [3.63, 3.8) is 0 Å². The molecule has 2 heterocycles. The fraction of sp³-hybridized carbons (Fsp3) is 0.368. The monoisotopic (exact) mass is 322 g/mol. The highest BCUT2D eigenvalue weighted by Crippen LogP contribution is 2.30. The van der Waals surface area contributed by atoms with Gasteiger partial charge in [0.25, 0.3) is 0 Å². The highest BCUT2D eigenvalue weighted by atomic mass is 16.2. The standard InChI is InChI=1S/C19H22N4O/c24-19(15-6-7-15)21-16-8-9-18(20-14-16)23-12-10-22(11-13-23)17-4-2-1-3-5-17/h1-5,8-9,14-15H,6-7,10-13H2,(H,21,24). The summed E-state index contributed by atoms with van der Waals surface area (Å²) in [5.74, 6) is 1.32. The molecule has 4 rings (SSSR count). The van der Waals surface area contributed by atoms with Crippen LogP contribution in [0.5, 0.6) is 0 Å². The Balaban J connectivity index is 1.34. The van der Waals surface area contributed by atoms with Gasteiger partial charge in [-0.2, -0.15) is 0 Å². The minimum atomic E-state index is 0.126. The SMILES string of the molecule is O=C(Nc1ccc(N2CCN(c3ccccc3)CC2)nc1)C1CC1. The normalized spacial score (nSPS) is 17.7. The van der Waals surface area contributed by atoms with Crippen LogP contribution < -0.4 is 15.1 Å². The lowest BCUT2D eigenvalue weighted by atomic mass is 10.2. The average Bonchev–Trinajstić information content (AvgIpc) is 3.49. The molecule has 0 unspecified atom stereocenters. The fourth-order valence-electron chi connectivity index (χ4n) is 3.07. The number of piperazine rings is 1. The fourth-order valence-corrected chi connectivity index (χ4v) is 3.07. The van der Waals surface area contributed by atoms with E-state index in [2.05, 4.69) is 44.4 Å². The van der Waals surface area contributed by atoms with Gasteiger partial charge in [0, 0.05) is 37.8 Å². The van der Waals surface area contributed by atoms with Gasteiger partial charge in [-0.1, -0.05) is 18.2 Å². The van der Waals surface area contributed by atoms with Crippen LogP contribution in [-0.4, -0.2) is 37.1 Å². The molecular formula is C19H22N4O. The van der Waals surface area contributed by atoms with Crippen molar-refractivity contribution in [2.45, 2.75) is 12.8 Å². The van der Waals surface area contributed by atoms with Crippen molar-refractivity contribution >= 4 is 23.1 Å². The first kappa shape index (κ1) is 15.0. The van der Waals surface area contributed by atoms with E-state index in [-0.39, 0.29) is 11.8 Å². The number of pyridine rings is 1. The van der Waals surface area contributed by atoms with Gasteiger partial charge in [0.1, 0.15) is 5.82 Å². The van der Waals surface area contributed by atoms with Crippen LogP contribution in [0.25, 0.3) is 0 Å². The summed E-state index contributed by atoms with van der Waals surface area (Å²) in [6.07, 6.45) is 3.80. The molecule has 0 spiro atoms. The van der Waals surface area contributed by atoms with Gasteiger partial charge in [-0.15, -0.1) is 0 Å². The van der Waals surface area contributed by atoms with Crippen molar-refractivity contribution in [1.82, 2.24) is 4.98 Å². The zero-order valence-corrected chi connectivity index (χ0v) is 13.7. The second kappa shape index (κ2) is 6.51. The van der Waals surface area contributed by atoms with E-state index in [1.54, 1.807) is 6.20 Å². The molecule has 5 nitrogen and oxygen atoms in total. The molecule has 2 fully saturated rings. The molecule has 0 atom stereocenters. The van der Waals surface area contributed by atoms with Crippen molar-refractivity contribution in [2.75, 3.05) is 41.3 Å². The molecule has 1 saturated heterocycles. The second-order valence-corrected chi connectivity index (χ2v) is 6.48. The first-order valence-corrected chi connectivity index (χ1v) is 8.61. The Morgan fingerprint density at radius 3 is 2.29 bits per heavy atom. The summed E-state index contributed by atoms with van der Waals surface area (Å²) < 4.78 is 0. The van der Waals surface area contributed by atoms with Crippen LogP contribution in [0, 0.1) is 5.92 Å². The minimum Gasteiger partial charge on any atom is -0.368 e.